The predicted molar refractivity (Wildman–Crippen MR) is 108 cm³/mol. The first-order chi connectivity index (χ1) is 14.1. The predicted octanol–water partition coefficient (Wildman–Crippen LogP) is 3.00. The zero-order chi connectivity index (χ0) is 19.7. The number of nitrogens with one attached hydrogen (secondary N) is 1. The summed E-state index contributed by atoms with van der Waals surface area (Å²) < 4.78 is 0. The lowest BCUT2D eigenvalue weighted by Crippen LogP contribution is -2.39. The van der Waals surface area contributed by atoms with Crippen molar-refractivity contribution in [3.8, 4) is 11.1 Å². The van der Waals surface area contributed by atoms with Gasteiger partial charge in [-0.2, -0.15) is 0 Å². The summed E-state index contributed by atoms with van der Waals surface area (Å²) in [6.45, 7) is -0.211. The number of carbonyl (C=O) groups excluding carboxylic acids is 3. The Morgan fingerprint density at radius 3 is 2.38 bits per heavy atom. The third kappa shape index (κ3) is 2.36. The van der Waals surface area contributed by atoms with Crippen molar-refractivity contribution in [2.24, 2.45) is 23.7 Å². The van der Waals surface area contributed by atoms with Gasteiger partial charge < -0.3 is 5.32 Å². The molecule has 1 heterocycles. The van der Waals surface area contributed by atoms with E-state index in [2.05, 4.69) is 29.6 Å². The number of fused-ring (bicyclic) bond motifs is 8. The van der Waals surface area contributed by atoms with Gasteiger partial charge in [-0.15, -0.1) is 0 Å². The maximum absolute atomic E-state index is 12.8. The first-order valence-corrected chi connectivity index (χ1v) is 10.1. The number of hydrogen-bond acceptors (Lipinski definition) is 3. The number of likely N-dealkylation sites (tertiary alicyclic amines) is 1. The minimum absolute atomic E-state index is 0.159. The van der Waals surface area contributed by atoms with E-state index in [1.165, 1.54) is 21.6 Å². The average Bonchev–Trinajstić information content (AvgIpc) is 3.47. The summed E-state index contributed by atoms with van der Waals surface area (Å²) in [5.41, 5.74) is 5.54. The van der Waals surface area contributed by atoms with E-state index in [0.29, 0.717) is 5.69 Å². The number of anilines is 1. The van der Waals surface area contributed by atoms with Crippen LogP contribution in [0.1, 0.15) is 17.5 Å². The molecular weight excluding hydrogens is 364 g/mol. The summed E-state index contributed by atoms with van der Waals surface area (Å²) in [6.07, 6.45) is 5.91. The molecule has 144 valence electrons. The van der Waals surface area contributed by atoms with Gasteiger partial charge in [-0.1, -0.05) is 42.5 Å². The van der Waals surface area contributed by atoms with Crippen molar-refractivity contribution in [1.82, 2.24) is 4.90 Å². The van der Waals surface area contributed by atoms with Crippen molar-refractivity contribution in [1.29, 1.82) is 0 Å². The van der Waals surface area contributed by atoms with Crippen LogP contribution in [0.3, 0.4) is 0 Å². The van der Waals surface area contributed by atoms with Crippen molar-refractivity contribution in [3.63, 3.8) is 0 Å². The SMILES string of the molecule is O=C(CN1C(=O)[C@@H]2[C@@H](C1=O)[C@@H]1C=C[C@@H]2C1)Nc1ccc2c(c1)-c1ccccc1C2. The number of benzene rings is 2. The molecule has 6 rings (SSSR count). The molecule has 1 N–H and O–H groups in total. The lowest BCUT2D eigenvalue weighted by molar-refractivity contribution is -0.143. The van der Waals surface area contributed by atoms with Gasteiger partial charge in [0.2, 0.25) is 17.7 Å². The van der Waals surface area contributed by atoms with Crippen molar-refractivity contribution in [2.45, 2.75) is 12.8 Å². The van der Waals surface area contributed by atoms with Crippen molar-refractivity contribution in [2.75, 3.05) is 11.9 Å². The van der Waals surface area contributed by atoms with Gasteiger partial charge in [0.25, 0.3) is 0 Å². The van der Waals surface area contributed by atoms with Gasteiger partial charge in [-0.3, -0.25) is 19.3 Å². The van der Waals surface area contributed by atoms with E-state index in [-0.39, 0.29) is 47.9 Å². The highest BCUT2D eigenvalue weighted by Gasteiger charge is 2.59. The first kappa shape index (κ1) is 16.7. The zero-order valence-electron chi connectivity index (χ0n) is 15.8. The smallest absolute Gasteiger partial charge is 0.244 e. The molecule has 2 aromatic rings. The topological polar surface area (TPSA) is 66.5 Å². The fraction of sp³-hybridized carbons (Fsp3) is 0.292. The van der Waals surface area contributed by atoms with Gasteiger partial charge in [-0.05, 0) is 59.1 Å². The Kier molecular flexibility index (Phi) is 3.40. The second-order valence-corrected chi connectivity index (χ2v) is 8.52. The first-order valence-electron chi connectivity index (χ1n) is 10.1. The quantitative estimate of drug-likeness (QED) is 0.558. The third-order valence-corrected chi connectivity index (χ3v) is 6.95. The van der Waals surface area contributed by atoms with Crippen LogP contribution >= 0.6 is 0 Å². The van der Waals surface area contributed by atoms with Crippen molar-refractivity contribution in [3.05, 3.63) is 65.7 Å². The Hall–Kier alpha value is -3.21. The molecule has 0 radical (unpaired) electrons. The zero-order valence-corrected chi connectivity index (χ0v) is 15.8. The Morgan fingerprint density at radius 2 is 1.62 bits per heavy atom. The molecule has 4 aliphatic rings. The molecule has 3 amide bonds. The number of amides is 3. The van der Waals surface area contributed by atoms with Crippen LogP contribution in [0.15, 0.2) is 54.6 Å². The van der Waals surface area contributed by atoms with Gasteiger partial charge in [0.1, 0.15) is 6.54 Å². The molecule has 2 fully saturated rings. The molecule has 2 aromatic carbocycles. The number of allylic oxidation sites excluding steroid dienone is 2. The summed E-state index contributed by atoms with van der Waals surface area (Å²) in [6, 6.07) is 14.2. The molecule has 0 aromatic heterocycles. The Labute approximate surface area is 168 Å². The van der Waals surface area contributed by atoms with E-state index in [9.17, 15) is 14.4 Å². The summed E-state index contributed by atoms with van der Waals surface area (Å²) in [5, 5.41) is 2.87. The molecule has 1 aliphatic heterocycles. The van der Waals surface area contributed by atoms with E-state index in [1.807, 2.05) is 30.3 Å². The molecular formula is C24H20N2O3. The highest BCUT2D eigenvalue weighted by Crippen LogP contribution is 2.52. The van der Waals surface area contributed by atoms with Gasteiger partial charge >= 0.3 is 0 Å². The van der Waals surface area contributed by atoms with E-state index in [0.717, 1.165) is 18.4 Å². The van der Waals surface area contributed by atoms with Crippen LogP contribution in [0.4, 0.5) is 5.69 Å². The van der Waals surface area contributed by atoms with Crippen LogP contribution in [0.25, 0.3) is 11.1 Å². The molecule has 4 atom stereocenters. The highest BCUT2D eigenvalue weighted by atomic mass is 16.2. The summed E-state index contributed by atoms with van der Waals surface area (Å²) in [7, 11) is 0. The lowest BCUT2D eigenvalue weighted by atomic mass is 9.85. The summed E-state index contributed by atoms with van der Waals surface area (Å²) in [5.74, 6) is -0.913. The molecule has 0 unspecified atom stereocenters. The van der Waals surface area contributed by atoms with Crippen LogP contribution in [0, 0.1) is 23.7 Å². The number of imide groups is 1. The molecule has 29 heavy (non-hydrogen) atoms. The summed E-state index contributed by atoms with van der Waals surface area (Å²) in [4.78, 5) is 39.3. The molecule has 5 nitrogen and oxygen atoms in total. The van der Waals surface area contributed by atoms with Crippen molar-refractivity contribution < 1.29 is 14.4 Å². The third-order valence-electron chi connectivity index (χ3n) is 6.95. The minimum Gasteiger partial charge on any atom is -0.325 e. The van der Waals surface area contributed by atoms with Crippen LogP contribution in [-0.4, -0.2) is 29.2 Å². The Balaban J connectivity index is 1.19. The molecule has 1 saturated carbocycles. The summed E-state index contributed by atoms with van der Waals surface area (Å²) >= 11 is 0. The molecule has 5 heteroatoms. The number of carbonyl (C=O) groups is 3. The molecule has 1 saturated heterocycles. The maximum atomic E-state index is 12.8. The van der Waals surface area contributed by atoms with E-state index in [1.54, 1.807) is 0 Å². The van der Waals surface area contributed by atoms with Gasteiger partial charge in [-0.25, -0.2) is 0 Å². The second kappa shape index (κ2) is 5.89. The fourth-order valence-electron chi connectivity index (χ4n) is 5.67. The number of hydrogen-bond donors (Lipinski definition) is 1. The standard InChI is InChI=1S/C24H20N2O3/c27-20(12-26-23(28)21-15-5-6-16(10-15)22(21)24(26)29)25-17-8-7-14-9-13-3-1-2-4-18(13)19(14)11-17/h1-8,11,15-16,21-22H,9-10,12H2,(H,25,27)/t15-,16-,21+,22+/m1/s1. The van der Waals surface area contributed by atoms with Crippen LogP contribution in [-0.2, 0) is 20.8 Å². The van der Waals surface area contributed by atoms with Gasteiger partial charge in [0, 0.05) is 5.69 Å². The van der Waals surface area contributed by atoms with E-state index < -0.39 is 0 Å². The normalized spacial score (nSPS) is 27.9. The lowest BCUT2D eigenvalue weighted by Gasteiger charge is -2.17. The Bertz CT molecular complexity index is 1090. The minimum atomic E-state index is -0.335. The average molecular weight is 384 g/mol. The highest BCUT2D eigenvalue weighted by molar-refractivity contribution is 6.09. The molecule has 3 aliphatic carbocycles. The van der Waals surface area contributed by atoms with Gasteiger partial charge in [0.15, 0.2) is 0 Å². The molecule has 0 spiro atoms. The van der Waals surface area contributed by atoms with E-state index in [4.69, 9.17) is 0 Å². The van der Waals surface area contributed by atoms with Crippen molar-refractivity contribution >= 4 is 23.4 Å². The number of nitrogens with zero attached hydrogens (tertiary/aromatic N) is 1. The fourth-order valence-corrected chi connectivity index (χ4v) is 5.67. The Morgan fingerprint density at radius 1 is 0.931 bits per heavy atom. The molecule has 2 bridgehead atoms. The van der Waals surface area contributed by atoms with Crippen LogP contribution in [0.2, 0.25) is 0 Å². The largest absolute Gasteiger partial charge is 0.325 e. The number of rotatable bonds is 3. The monoisotopic (exact) mass is 384 g/mol. The van der Waals surface area contributed by atoms with E-state index >= 15 is 0 Å². The van der Waals surface area contributed by atoms with Gasteiger partial charge in [0.05, 0.1) is 11.8 Å². The van der Waals surface area contributed by atoms with Crippen LogP contribution < -0.4 is 5.32 Å². The van der Waals surface area contributed by atoms with Crippen LogP contribution in [0.5, 0.6) is 0 Å². The maximum Gasteiger partial charge on any atom is 0.244 e. The second-order valence-electron chi connectivity index (χ2n) is 8.52.